The Hall–Kier alpha value is -7.30. The molecule has 17 N–H and O–H groups in total. The summed E-state index contributed by atoms with van der Waals surface area (Å²) in [7, 11) is 0. The van der Waals surface area contributed by atoms with Crippen molar-refractivity contribution in [3.8, 4) is 0 Å². The number of primary amides is 1. The van der Waals surface area contributed by atoms with Gasteiger partial charge in [0.15, 0.2) is 0 Å². The lowest BCUT2D eigenvalue weighted by Crippen LogP contribution is -2.61. The second kappa shape index (κ2) is 28.8. The number of amides is 10. The molecule has 1 aromatic carbocycles. The Bertz CT molecular complexity index is 2020. The monoisotopic (exact) mass is 979 g/mol. The summed E-state index contributed by atoms with van der Waals surface area (Å²) in [6.07, 6.45) is -3.02. The quantitative estimate of drug-likeness (QED) is 0.0354. The summed E-state index contributed by atoms with van der Waals surface area (Å²) in [5, 5.41) is 66.1. The van der Waals surface area contributed by atoms with Gasteiger partial charge in [-0.25, -0.2) is 4.79 Å². The van der Waals surface area contributed by atoms with Crippen molar-refractivity contribution in [1.29, 1.82) is 0 Å². The van der Waals surface area contributed by atoms with E-state index in [2.05, 4.69) is 42.5 Å². The highest BCUT2D eigenvalue weighted by atomic mass is 16.4. The van der Waals surface area contributed by atoms with Crippen LogP contribution in [0.15, 0.2) is 30.3 Å². The maximum Gasteiger partial charge on any atom is 0.326 e. The SMILES string of the molecule is C[C@H](NC(=O)[C@H](CO)NC(=O)[C@@H]1CCCN1C(=O)[C@@H](NC(=O)[C@@H](N)CO)[C@@H](C)O)C(=O)N[C@@H](Cc1ccccc1)C(=O)NCC(=O)N[C@@H](CCC(=O)O)C(=O)NCC(=O)N[C@@H](CCC(N)=O)C(=O)O. The third-order valence-electron chi connectivity index (χ3n) is 10.4. The third-order valence-corrected chi connectivity index (χ3v) is 10.4. The summed E-state index contributed by atoms with van der Waals surface area (Å²) in [4.78, 5) is 152. The molecule has 10 amide bonds. The van der Waals surface area contributed by atoms with Crippen LogP contribution < -0.4 is 54.0 Å². The van der Waals surface area contributed by atoms with E-state index in [4.69, 9.17) is 11.5 Å². The van der Waals surface area contributed by atoms with Crippen molar-refractivity contribution in [2.45, 2.75) is 113 Å². The van der Waals surface area contributed by atoms with Crippen molar-refractivity contribution < 1.29 is 83.1 Å². The van der Waals surface area contributed by atoms with Gasteiger partial charge in [0.1, 0.15) is 48.3 Å². The first-order valence-corrected chi connectivity index (χ1v) is 21.6. The molecule has 1 aromatic rings. The van der Waals surface area contributed by atoms with Crippen molar-refractivity contribution >= 4 is 71.0 Å². The molecule has 1 aliphatic rings. The summed E-state index contributed by atoms with van der Waals surface area (Å²) < 4.78 is 0. The van der Waals surface area contributed by atoms with Crippen molar-refractivity contribution in [2.24, 2.45) is 11.5 Å². The number of nitrogens with one attached hydrogen (secondary N) is 8. The highest BCUT2D eigenvalue weighted by Crippen LogP contribution is 2.20. The molecule has 0 bridgehead atoms. The Kier molecular flexibility index (Phi) is 24.1. The van der Waals surface area contributed by atoms with Crippen LogP contribution in [-0.2, 0) is 64.0 Å². The molecular weight excluding hydrogens is 919 g/mol. The maximum atomic E-state index is 13.5. The second-order valence-corrected chi connectivity index (χ2v) is 15.9. The van der Waals surface area contributed by atoms with E-state index in [0.29, 0.717) is 12.0 Å². The average molecular weight is 980 g/mol. The van der Waals surface area contributed by atoms with Crippen LogP contribution in [-0.4, -0.2) is 189 Å². The Labute approximate surface area is 394 Å². The number of nitrogens with zero attached hydrogens (tertiary/aromatic N) is 1. The Morgan fingerprint density at radius 3 is 1.80 bits per heavy atom. The number of aliphatic hydroxyl groups is 3. The highest BCUT2D eigenvalue weighted by Gasteiger charge is 2.41. The number of carbonyl (C=O) groups excluding carboxylic acids is 10. The minimum Gasteiger partial charge on any atom is -0.481 e. The number of nitrogens with two attached hydrogens (primary N) is 2. The molecule has 28 nitrogen and oxygen atoms in total. The number of hydrogen-bond donors (Lipinski definition) is 15. The van der Waals surface area contributed by atoms with E-state index in [1.54, 1.807) is 30.3 Å². The van der Waals surface area contributed by atoms with Gasteiger partial charge in [0.05, 0.1) is 32.4 Å². The van der Waals surface area contributed by atoms with Gasteiger partial charge in [-0.1, -0.05) is 30.3 Å². The van der Waals surface area contributed by atoms with E-state index in [1.165, 1.54) is 13.8 Å². The molecule has 1 aliphatic heterocycles. The van der Waals surface area contributed by atoms with Gasteiger partial charge >= 0.3 is 11.9 Å². The van der Waals surface area contributed by atoms with Crippen LogP contribution in [0.25, 0.3) is 0 Å². The number of carbonyl (C=O) groups is 12. The van der Waals surface area contributed by atoms with Gasteiger partial charge in [0, 0.05) is 25.8 Å². The highest BCUT2D eigenvalue weighted by molar-refractivity contribution is 5.98. The van der Waals surface area contributed by atoms with Gasteiger partial charge in [-0.3, -0.25) is 52.7 Å². The average Bonchev–Trinajstić information content (AvgIpc) is 3.80. The van der Waals surface area contributed by atoms with Crippen LogP contribution >= 0.6 is 0 Å². The molecule has 0 spiro atoms. The van der Waals surface area contributed by atoms with E-state index in [0.717, 1.165) is 4.90 Å². The first kappa shape index (κ1) is 57.8. The van der Waals surface area contributed by atoms with Crippen LogP contribution in [0.4, 0.5) is 0 Å². The van der Waals surface area contributed by atoms with Crippen LogP contribution in [0.1, 0.15) is 57.9 Å². The fraction of sp³-hybridized carbons (Fsp3) is 0.561. The molecule has 0 saturated carbocycles. The number of rotatable bonds is 29. The van der Waals surface area contributed by atoms with Gasteiger partial charge in [-0.15, -0.1) is 0 Å². The van der Waals surface area contributed by atoms with E-state index in [9.17, 15) is 83.1 Å². The molecule has 0 aromatic heterocycles. The smallest absolute Gasteiger partial charge is 0.326 e. The zero-order chi connectivity index (χ0) is 52.0. The van der Waals surface area contributed by atoms with E-state index in [1.807, 2.05) is 0 Å². The summed E-state index contributed by atoms with van der Waals surface area (Å²) in [5.41, 5.74) is 11.1. The Morgan fingerprint density at radius 1 is 0.681 bits per heavy atom. The fourth-order valence-corrected chi connectivity index (χ4v) is 6.56. The summed E-state index contributed by atoms with van der Waals surface area (Å²) >= 11 is 0. The van der Waals surface area contributed by atoms with Gasteiger partial charge in [0.25, 0.3) is 0 Å². The van der Waals surface area contributed by atoms with Gasteiger partial charge in [-0.2, -0.15) is 0 Å². The number of benzene rings is 1. The molecular formula is C41H61N11O17. The molecule has 1 saturated heterocycles. The molecule has 0 radical (unpaired) electrons. The molecule has 0 aliphatic carbocycles. The standard InChI is InChI=1S/C41H61N11O17/c1-20(46-38(65)27(19-54)50-39(66)28-9-6-14-52(28)40(67)33(21(2)55)51-35(62)23(42)18-53)34(61)49-26(15-22-7-4-3-5-8-22)37(64)45-16-30(57)47-24(11-13-32(59)60)36(63)44-17-31(58)48-25(41(68)69)10-12-29(43)56/h3-5,7-8,20-21,23-28,33,53-55H,6,9-19,42H2,1-2H3,(H2,43,56)(H,44,63)(H,45,64)(H,46,65)(H,47,57)(H,48,58)(H,49,61)(H,50,66)(H,51,62)(H,59,60)(H,68,69)/t20-,21+,23-,24-,25-,26-,27-,28-,33-/m0/s1. The zero-order valence-corrected chi connectivity index (χ0v) is 37.8. The van der Waals surface area contributed by atoms with E-state index < -0.39 is 165 Å². The largest absolute Gasteiger partial charge is 0.481 e. The molecule has 28 heteroatoms. The van der Waals surface area contributed by atoms with Gasteiger partial charge in [-0.05, 0) is 45.1 Å². The summed E-state index contributed by atoms with van der Waals surface area (Å²) in [6, 6.07) is -3.54. The normalized spacial score (nSPS) is 16.6. The van der Waals surface area contributed by atoms with Crippen LogP contribution in [0, 0.1) is 0 Å². The molecule has 69 heavy (non-hydrogen) atoms. The molecule has 1 fully saturated rings. The number of aliphatic carboxylic acids is 2. The third kappa shape index (κ3) is 19.8. The minimum absolute atomic E-state index is 0.0198. The lowest BCUT2D eigenvalue weighted by Gasteiger charge is -2.31. The predicted octanol–water partition coefficient (Wildman–Crippen LogP) is -7.71. The van der Waals surface area contributed by atoms with Crippen LogP contribution in [0.3, 0.4) is 0 Å². The van der Waals surface area contributed by atoms with Crippen LogP contribution in [0.2, 0.25) is 0 Å². The van der Waals surface area contributed by atoms with Crippen molar-refractivity contribution in [3.63, 3.8) is 0 Å². The molecule has 382 valence electrons. The van der Waals surface area contributed by atoms with Crippen LogP contribution in [0.5, 0.6) is 0 Å². The lowest BCUT2D eigenvalue weighted by atomic mass is 10.0. The first-order valence-electron chi connectivity index (χ1n) is 21.6. The lowest BCUT2D eigenvalue weighted by molar-refractivity contribution is -0.144. The van der Waals surface area contributed by atoms with E-state index >= 15 is 0 Å². The maximum absolute atomic E-state index is 13.5. The predicted molar refractivity (Wildman–Crippen MR) is 235 cm³/mol. The molecule has 2 rings (SSSR count). The topological polar surface area (TPSA) is 458 Å². The summed E-state index contributed by atoms with van der Waals surface area (Å²) in [6.45, 7) is -0.905. The number of hydrogen-bond acceptors (Lipinski definition) is 16. The number of aliphatic hydroxyl groups excluding tert-OH is 3. The van der Waals surface area contributed by atoms with Gasteiger partial charge in [0.2, 0.25) is 59.1 Å². The minimum atomic E-state index is -1.66. The van der Waals surface area contributed by atoms with Crippen molar-refractivity contribution in [1.82, 2.24) is 47.4 Å². The van der Waals surface area contributed by atoms with Crippen molar-refractivity contribution in [2.75, 3.05) is 32.8 Å². The number of carboxylic acid groups (broad SMARTS) is 2. The number of likely N-dealkylation sites (tertiary alicyclic amines) is 1. The van der Waals surface area contributed by atoms with Gasteiger partial charge < -0.3 is 84.4 Å². The molecule has 1 heterocycles. The van der Waals surface area contributed by atoms with E-state index in [-0.39, 0.29) is 32.2 Å². The second-order valence-electron chi connectivity index (χ2n) is 15.9. The number of carboxylic acids is 2. The summed E-state index contributed by atoms with van der Waals surface area (Å²) in [5.74, 6) is -12.3. The zero-order valence-electron chi connectivity index (χ0n) is 37.8. The Morgan fingerprint density at radius 2 is 1.26 bits per heavy atom. The first-order chi connectivity index (χ1) is 32.5. The molecule has 9 atom stereocenters. The fourth-order valence-electron chi connectivity index (χ4n) is 6.56. The Balaban J connectivity index is 2.10. The van der Waals surface area contributed by atoms with Crippen molar-refractivity contribution in [3.05, 3.63) is 35.9 Å². The molecule has 0 unspecified atom stereocenters.